The Labute approximate surface area is 186 Å². The predicted molar refractivity (Wildman–Crippen MR) is 124 cm³/mol. The van der Waals surface area contributed by atoms with Crippen molar-refractivity contribution < 1.29 is 13.2 Å². The molecule has 0 aliphatic carbocycles. The largest absolute Gasteiger partial charge is 0.339 e. The Kier molecular flexibility index (Phi) is 5.15. The van der Waals surface area contributed by atoms with E-state index in [0.717, 1.165) is 33.6 Å². The molecule has 0 spiro atoms. The van der Waals surface area contributed by atoms with E-state index in [1.807, 2.05) is 48.5 Å². The van der Waals surface area contributed by atoms with Crippen molar-refractivity contribution in [1.29, 1.82) is 0 Å². The zero-order valence-electron chi connectivity index (χ0n) is 17.7. The lowest BCUT2D eigenvalue weighted by Gasteiger charge is -2.33. The molecule has 2 aromatic carbocycles. The molecule has 0 atom stereocenters. The number of benzene rings is 2. The van der Waals surface area contributed by atoms with Crippen LogP contribution in [-0.2, 0) is 16.6 Å². The highest BCUT2D eigenvalue weighted by molar-refractivity contribution is 7.88. The van der Waals surface area contributed by atoms with E-state index in [2.05, 4.69) is 15.3 Å². The van der Waals surface area contributed by atoms with E-state index in [1.54, 1.807) is 11.1 Å². The number of nitrogens with one attached hydrogen (secondary N) is 1. The Morgan fingerprint density at radius 1 is 1.03 bits per heavy atom. The van der Waals surface area contributed by atoms with Crippen molar-refractivity contribution in [2.45, 2.75) is 6.54 Å². The molecule has 1 saturated heterocycles. The lowest BCUT2D eigenvalue weighted by atomic mass is 10.0. The molecule has 0 unspecified atom stereocenters. The third-order valence-electron chi connectivity index (χ3n) is 5.89. The average molecular weight is 450 g/mol. The van der Waals surface area contributed by atoms with Crippen LogP contribution in [0, 0.1) is 0 Å². The van der Waals surface area contributed by atoms with E-state index < -0.39 is 10.0 Å². The zero-order valence-corrected chi connectivity index (χ0v) is 18.5. The summed E-state index contributed by atoms with van der Waals surface area (Å²) in [5.74, 6) is 0.665. The molecule has 8 nitrogen and oxygen atoms in total. The predicted octanol–water partition coefficient (Wildman–Crippen LogP) is 2.32. The number of aliphatic imine (C=N–C) groups is 1. The number of piperazine rings is 1. The number of anilines is 1. The minimum Gasteiger partial charge on any atom is -0.339 e. The monoisotopic (exact) mass is 449 g/mol. The third-order valence-corrected chi connectivity index (χ3v) is 7.19. The van der Waals surface area contributed by atoms with E-state index in [0.29, 0.717) is 38.3 Å². The van der Waals surface area contributed by atoms with E-state index in [-0.39, 0.29) is 5.91 Å². The second-order valence-electron chi connectivity index (χ2n) is 8.00. The summed E-state index contributed by atoms with van der Waals surface area (Å²) >= 11 is 0. The van der Waals surface area contributed by atoms with Gasteiger partial charge in [0.1, 0.15) is 5.69 Å². The Hall–Kier alpha value is -3.30. The molecule has 164 valence electrons. The molecule has 0 radical (unpaired) electrons. The molecular formula is C23H23N5O3S. The van der Waals surface area contributed by atoms with Gasteiger partial charge in [0.2, 0.25) is 10.0 Å². The second kappa shape index (κ2) is 7.99. The SMILES string of the molecule is CS(=O)(=O)N1CCN(C(=O)c2cccc3cc(NC4=NCc5cccnc54)ccc23)CC1. The Morgan fingerprint density at radius 2 is 1.84 bits per heavy atom. The molecule has 0 bridgehead atoms. The molecule has 1 amide bonds. The van der Waals surface area contributed by atoms with Gasteiger partial charge in [-0.1, -0.05) is 24.3 Å². The maximum Gasteiger partial charge on any atom is 0.254 e. The number of carbonyl (C=O) groups is 1. The molecule has 32 heavy (non-hydrogen) atoms. The summed E-state index contributed by atoms with van der Waals surface area (Å²) < 4.78 is 24.9. The first-order valence-corrected chi connectivity index (χ1v) is 12.3. The highest BCUT2D eigenvalue weighted by Crippen LogP contribution is 2.26. The lowest BCUT2D eigenvalue weighted by Crippen LogP contribution is -2.50. The van der Waals surface area contributed by atoms with Gasteiger partial charge >= 0.3 is 0 Å². The van der Waals surface area contributed by atoms with Crippen LogP contribution in [0.25, 0.3) is 10.8 Å². The highest BCUT2D eigenvalue weighted by atomic mass is 32.2. The first kappa shape index (κ1) is 20.6. The minimum absolute atomic E-state index is 0.0808. The highest BCUT2D eigenvalue weighted by Gasteiger charge is 2.27. The van der Waals surface area contributed by atoms with Crippen molar-refractivity contribution in [3.8, 4) is 0 Å². The smallest absolute Gasteiger partial charge is 0.254 e. The zero-order chi connectivity index (χ0) is 22.3. The van der Waals surface area contributed by atoms with Crippen LogP contribution < -0.4 is 5.32 Å². The van der Waals surface area contributed by atoms with Crippen LogP contribution in [0.1, 0.15) is 21.6 Å². The van der Waals surface area contributed by atoms with E-state index in [1.165, 1.54) is 10.6 Å². The van der Waals surface area contributed by atoms with E-state index >= 15 is 0 Å². The van der Waals surface area contributed by atoms with Gasteiger partial charge in [0.25, 0.3) is 5.91 Å². The van der Waals surface area contributed by atoms with Crippen molar-refractivity contribution in [3.05, 3.63) is 71.5 Å². The number of fused-ring (bicyclic) bond motifs is 2. The molecule has 1 aromatic heterocycles. The van der Waals surface area contributed by atoms with Crippen molar-refractivity contribution in [2.24, 2.45) is 4.99 Å². The standard InChI is InChI=1S/C23H23N5O3S/c1-32(30,31)28-12-10-27(11-13-28)23(29)20-6-2-4-16-14-18(7-8-19(16)20)26-22-21-17(15-25-22)5-3-9-24-21/h2-9,14H,10-13,15H2,1H3,(H,25,26). The van der Waals surface area contributed by atoms with Crippen LogP contribution in [-0.4, -0.2) is 66.8 Å². The van der Waals surface area contributed by atoms with Gasteiger partial charge in [-0.2, -0.15) is 4.31 Å². The van der Waals surface area contributed by atoms with Crippen molar-refractivity contribution in [2.75, 3.05) is 37.8 Å². The first-order valence-electron chi connectivity index (χ1n) is 10.4. The van der Waals surface area contributed by atoms with Crippen LogP contribution >= 0.6 is 0 Å². The average Bonchev–Trinajstić information content (AvgIpc) is 3.20. The second-order valence-corrected chi connectivity index (χ2v) is 9.98. The lowest BCUT2D eigenvalue weighted by molar-refractivity contribution is 0.0700. The van der Waals surface area contributed by atoms with Crippen LogP contribution in [0.15, 0.2) is 59.7 Å². The van der Waals surface area contributed by atoms with Crippen molar-refractivity contribution >= 4 is 38.2 Å². The van der Waals surface area contributed by atoms with Gasteiger partial charge < -0.3 is 10.2 Å². The van der Waals surface area contributed by atoms with Gasteiger partial charge in [-0.25, -0.2) is 8.42 Å². The van der Waals surface area contributed by atoms with Gasteiger partial charge in [0.15, 0.2) is 5.84 Å². The summed E-state index contributed by atoms with van der Waals surface area (Å²) in [6, 6.07) is 15.5. The van der Waals surface area contributed by atoms with Crippen LogP contribution in [0.4, 0.5) is 5.69 Å². The van der Waals surface area contributed by atoms with Crippen molar-refractivity contribution in [3.63, 3.8) is 0 Å². The molecule has 3 aromatic rings. The summed E-state index contributed by atoms with van der Waals surface area (Å²) in [4.78, 5) is 23.9. The maximum atomic E-state index is 13.2. The Bertz CT molecular complexity index is 1340. The third kappa shape index (κ3) is 3.85. The Balaban J connectivity index is 1.36. The molecule has 3 heterocycles. The summed E-state index contributed by atoms with van der Waals surface area (Å²) in [7, 11) is -3.23. The van der Waals surface area contributed by atoms with E-state index in [4.69, 9.17) is 0 Å². The topological polar surface area (TPSA) is 95.0 Å². The first-order chi connectivity index (χ1) is 15.4. The summed E-state index contributed by atoms with van der Waals surface area (Å²) in [6.45, 7) is 2.02. The molecular weight excluding hydrogens is 426 g/mol. The van der Waals surface area contributed by atoms with Gasteiger partial charge in [-0.3, -0.25) is 14.8 Å². The van der Waals surface area contributed by atoms with Gasteiger partial charge in [0.05, 0.1) is 12.8 Å². The fourth-order valence-electron chi connectivity index (χ4n) is 4.20. The number of nitrogens with zero attached hydrogens (tertiary/aromatic N) is 4. The number of sulfonamides is 1. The molecule has 1 N–H and O–H groups in total. The van der Waals surface area contributed by atoms with Gasteiger partial charge in [-0.15, -0.1) is 0 Å². The number of amides is 1. The number of pyridine rings is 1. The number of amidine groups is 1. The fraction of sp³-hybridized carbons (Fsp3) is 0.261. The number of aromatic nitrogens is 1. The van der Waals surface area contributed by atoms with Crippen molar-refractivity contribution in [1.82, 2.24) is 14.2 Å². The Morgan fingerprint density at radius 3 is 2.62 bits per heavy atom. The van der Waals surface area contributed by atoms with E-state index in [9.17, 15) is 13.2 Å². The number of hydrogen-bond donors (Lipinski definition) is 1. The summed E-state index contributed by atoms with van der Waals surface area (Å²) in [5, 5.41) is 5.15. The minimum atomic E-state index is -3.23. The van der Waals surface area contributed by atoms with Crippen LogP contribution in [0.2, 0.25) is 0 Å². The summed E-state index contributed by atoms with van der Waals surface area (Å²) in [6.07, 6.45) is 2.96. The molecule has 2 aliphatic rings. The molecule has 0 saturated carbocycles. The molecule has 5 rings (SSSR count). The molecule has 2 aliphatic heterocycles. The van der Waals surface area contributed by atoms with Gasteiger partial charge in [-0.05, 0) is 35.0 Å². The van der Waals surface area contributed by atoms with Gasteiger partial charge in [0, 0.05) is 49.2 Å². The number of carbonyl (C=O) groups excluding carboxylic acids is 1. The maximum absolute atomic E-state index is 13.2. The summed E-state index contributed by atoms with van der Waals surface area (Å²) in [5.41, 5.74) is 3.46. The number of hydrogen-bond acceptors (Lipinski definition) is 6. The molecule has 9 heteroatoms. The fourth-order valence-corrected chi connectivity index (χ4v) is 5.02. The number of rotatable bonds is 3. The normalized spacial score (nSPS) is 16.7. The van der Waals surface area contributed by atoms with Crippen LogP contribution in [0.3, 0.4) is 0 Å². The van der Waals surface area contributed by atoms with Crippen LogP contribution in [0.5, 0.6) is 0 Å². The molecule has 1 fully saturated rings. The quantitative estimate of drug-likeness (QED) is 0.662.